The van der Waals surface area contributed by atoms with Gasteiger partial charge >= 0.3 is 57.4 Å². The molecule has 0 atom stereocenters. The minimum Gasteiger partial charge on any atom is -1.00 e. The third-order valence-corrected chi connectivity index (χ3v) is 2.53. The van der Waals surface area contributed by atoms with Gasteiger partial charge in [-0.3, -0.25) is 20.2 Å². The summed E-state index contributed by atoms with van der Waals surface area (Å²) in [7, 11) is 0. The van der Waals surface area contributed by atoms with Crippen LogP contribution in [0.2, 0.25) is 0 Å². The van der Waals surface area contributed by atoms with Crippen LogP contribution in [0.1, 0.15) is 28.1 Å². The molecule has 0 saturated carbocycles. The molecule has 5 nitrogen and oxygen atoms in total. The Hall–Kier alpha value is 0.246. The van der Waals surface area contributed by atoms with Crippen LogP contribution in [0.25, 0.3) is 0 Å². The van der Waals surface area contributed by atoms with Crippen molar-refractivity contribution >= 4 is 17.8 Å². The van der Waals surface area contributed by atoms with Crippen LogP contribution in [-0.2, 0) is 9.59 Å². The zero-order valence-electron chi connectivity index (χ0n) is 9.64. The number of urea groups is 1. The topological polar surface area (TPSA) is 75.3 Å². The second-order valence-corrected chi connectivity index (χ2v) is 3.03. The van der Waals surface area contributed by atoms with Gasteiger partial charge in [-0.15, -0.1) is 0 Å². The van der Waals surface area contributed by atoms with Gasteiger partial charge in [0.2, 0.25) is 11.8 Å². The molecule has 0 radical (unpaired) electrons. The molecule has 0 aromatic heterocycles. The monoisotopic (exact) mass is 224 g/mol. The van der Waals surface area contributed by atoms with Crippen molar-refractivity contribution in [2.24, 2.45) is 5.41 Å². The summed E-state index contributed by atoms with van der Waals surface area (Å²) < 4.78 is 0. The van der Waals surface area contributed by atoms with Crippen LogP contribution in [0.15, 0.2) is 0 Å². The Morgan fingerprint density at radius 3 is 1.71 bits per heavy atom. The number of carbonyl (C=O) groups excluding carboxylic acids is 3. The Kier molecular flexibility index (Phi) is 5.46. The number of hydrogen-bond donors (Lipinski definition) is 2. The van der Waals surface area contributed by atoms with Gasteiger partial charge in [-0.1, -0.05) is 13.8 Å². The quantitative estimate of drug-likeness (QED) is 0.395. The number of amides is 4. The Balaban J connectivity index is 0. The fraction of sp³-hybridized carbons (Fsp3) is 0.625. The Morgan fingerprint density at radius 2 is 1.43 bits per heavy atom. The number of nitrogens with one attached hydrogen (secondary N) is 2. The van der Waals surface area contributed by atoms with E-state index >= 15 is 0 Å². The van der Waals surface area contributed by atoms with Crippen molar-refractivity contribution in [3.05, 3.63) is 0 Å². The second-order valence-electron chi connectivity index (χ2n) is 3.03. The largest absolute Gasteiger partial charge is 1.00 e. The van der Waals surface area contributed by atoms with Crippen LogP contribution < -0.4 is 62.0 Å². The molecule has 1 fully saturated rings. The van der Waals surface area contributed by atoms with Crippen molar-refractivity contribution in [3.8, 4) is 0 Å². The van der Waals surface area contributed by atoms with Gasteiger partial charge in [-0.25, -0.2) is 4.79 Å². The second kappa shape index (κ2) is 5.36. The number of barbiturate groups is 1. The summed E-state index contributed by atoms with van der Waals surface area (Å²) in [6.45, 7) is 3.50. The molecule has 2 N–H and O–H groups in total. The summed E-state index contributed by atoms with van der Waals surface area (Å²) in [6, 6.07) is -0.729. The molecule has 4 amide bonds. The van der Waals surface area contributed by atoms with E-state index in [0.29, 0.717) is 12.8 Å². The van der Waals surface area contributed by atoms with Crippen LogP contribution >= 0.6 is 0 Å². The molecule has 0 aliphatic carbocycles. The average Bonchev–Trinajstić information content (AvgIpc) is 2.05. The van der Waals surface area contributed by atoms with E-state index in [1.54, 1.807) is 13.8 Å². The maximum atomic E-state index is 11.4. The zero-order chi connectivity index (χ0) is 10.1. The van der Waals surface area contributed by atoms with E-state index in [1.165, 1.54) is 0 Å². The normalized spacial score (nSPS) is 19.4. The van der Waals surface area contributed by atoms with Gasteiger partial charge in [0.05, 0.1) is 0 Å². The molecule has 0 spiro atoms. The third-order valence-electron chi connectivity index (χ3n) is 2.53. The SMILES string of the molecule is CCC1(CC)C(=O)NC(=O)NC1=O.[H-].[K+]. The number of rotatable bonds is 2. The van der Waals surface area contributed by atoms with Crippen LogP contribution in [0.4, 0.5) is 4.79 Å². The first kappa shape index (κ1) is 14.2. The fourth-order valence-corrected chi connectivity index (χ4v) is 1.47. The molecule has 1 aliphatic rings. The van der Waals surface area contributed by atoms with E-state index in [-0.39, 0.29) is 52.8 Å². The van der Waals surface area contributed by atoms with Gasteiger partial charge in [0, 0.05) is 0 Å². The predicted octanol–water partition coefficient (Wildman–Crippen LogP) is -2.72. The van der Waals surface area contributed by atoms with Crippen LogP contribution in [0, 0.1) is 5.41 Å². The molecule has 0 aromatic carbocycles. The molecule has 1 heterocycles. The first-order chi connectivity index (χ1) is 6.06. The van der Waals surface area contributed by atoms with Crippen molar-refractivity contribution in [2.45, 2.75) is 26.7 Å². The van der Waals surface area contributed by atoms with Crippen molar-refractivity contribution in [1.29, 1.82) is 0 Å². The molecule has 1 rings (SSSR count). The summed E-state index contributed by atoms with van der Waals surface area (Å²) in [5.41, 5.74) is -1.06. The first-order valence-electron chi connectivity index (χ1n) is 4.23. The summed E-state index contributed by atoms with van der Waals surface area (Å²) in [5, 5.41) is 4.19. The Bertz CT molecular complexity index is 257. The van der Waals surface area contributed by atoms with E-state index in [2.05, 4.69) is 10.6 Å². The van der Waals surface area contributed by atoms with E-state index < -0.39 is 23.3 Å². The summed E-state index contributed by atoms with van der Waals surface area (Å²) in [5.74, 6) is -0.988. The molecule has 1 saturated heterocycles. The van der Waals surface area contributed by atoms with Crippen LogP contribution in [0.5, 0.6) is 0 Å². The number of hydrogen-bond acceptors (Lipinski definition) is 3. The Morgan fingerprint density at radius 1 is 1.07 bits per heavy atom. The van der Waals surface area contributed by atoms with Crippen molar-refractivity contribution < 1.29 is 67.2 Å². The minimum atomic E-state index is -1.06. The summed E-state index contributed by atoms with van der Waals surface area (Å²) >= 11 is 0. The maximum Gasteiger partial charge on any atom is 1.00 e. The molecule has 0 bridgehead atoms. The van der Waals surface area contributed by atoms with Crippen LogP contribution in [0.3, 0.4) is 0 Å². The molecular weight excluding hydrogens is 211 g/mol. The smallest absolute Gasteiger partial charge is 1.00 e. The van der Waals surface area contributed by atoms with Crippen molar-refractivity contribution in [2.75, 3.05) is 0 Å². The molecule has 0 unspecified atom stereocenters. The predicted molar refractivity (Wildman–Crippen MR) is 45.8 cm³/mol. The van der Waals surface area contributed by atoms with E-state index in [9.17, 15) is 14.4 Å². The summed E-state index contributed by atoms with van der Waals surface area (Å²) in [4.78, 5) is 33.6. The van der Waals surface area contributed by atoms with Crippen molar-refractivity contribution in [1.82, 2.24) is 10.6 Å². The van der Waals surface area contributed by atoms with Gasteiger partial charge in [-0.05, 0) is 12.8 Å². The van der Waals surface area contributed by atoms with E-state index in [1.807, 2.05) is 0 Å². The third kappa shape index (κ3) is 2.25. The Labute approximate surface area is 126 Å². The van der Waals surface area contributed by atoms with Gasteiger partial charge in [0.1, 0.15) is 5.41 Å². The maximum absolute atomic E-state index is 11.4. The molecule has 6 heteroatoms. The molecule has 14 heavy (non-hydrogen) atoms. The first-order valence-corrected chi connectivity index (χ1v) is 4.23. The summed E-state index contributed by atoms with van der Waals surface area (Å²) in [6.07, 6.45) is 0.795. The molecule has 0 aromatic rings. The number of carbonyl (C=O) groups is 3. The average molecular weight is 224 g/mol. The van der Waals surface area contributed by atoms with Gasteiger partial charge in [0.25, 0.3) is 0 Å². The van der Waals surface area contributed by atoms with Gasteiger partial charge in [0.15, 0.2) is 0 Å². The van der Waals surface area contributed by atoms with Gasteiger partial charge in [-0.2, -0.15) is 0 Å². The van der Waals surface area contributed by atoms with Gasteiger partial charge < -0.3 is 1.43 Å². The zero-order valence-corrected chi connectivity index (χ0v) is 11.8. The molecule has 1 aliphatic heterocycles. The molecule has 74 valence electrons. The fourth-order valence-electron chi connectivity index (χ4n) is 1.47. The van der Waals surface area contributed by atoms with E-state index in [0.717, 1.165) is 0 Å². The van der Waals surface area contributed by atoms with Crippen LogP contribution in [-0.4, -0.2) is 17.8 Å². The minimum absolute atomic E-state index is 0. The standard InChI is InChI=1S/C8H12N2O3.K.H/c1-3-8(4-2)5(11)9-7(13)10-6(8)12;;/h3-4H2,1-2H3,(H2,9,10,11,12,13);;/q;+1;-1. The van der Waals surface area contributed by atoms with Crippen molar-refractivity contribution in [3.63, 3.8) is 0 Å². The molecular formula is C8H13KN2O3. The number of imide groups is 2. The van der Waals surface area contributed by atoms with E-state index in [4.69, 9.17) is 0 Å².